The minimum absolute atomic E-state index is 0.141. The smallest absolute Gasteiger partial charge is 0.330 e. The van der Waals surface area contributed by atoms with Crippen LogP contribution in [0.4, 0.5) is 0 Å². The molecule has 5 rings (SSSR count). The Morgan fingerprint density at radius 3 is 1.91 bits per heavy atom. The maximum Gasteiger partial charge on any atom is 0.330 e. The highest BCUT2D eigenvalue weighted by Crippen LogP contribution is 2.64. The van der Waals surface area contributed by atoms with Crippen LogP contribution in [-0.2, 0) is 34.0 Å². The lowest BCUT2D eigenvalue weighted by molar-refractivity contribution is -0.147. The SMILES string of the molecule is C=CC(=O)OC(C)COC(C)COc1cc(OCC(C)OCC(C)OC(=O)C=C)c(C23CCC2CC(C)C3)cc1C1CC(C)=C2CC21. The van der Waals surface area contributed by atoms with Gasteiger partial charge in [0, 0.05) is 29.2 Å². The van der Waals surface area contributed by atoms with E-state index >= 15 is 0 Å². The quantitative estimate of drug-likeness (QED) is 0.0923. The van der Waals surface area contributed by atoms with Gasteiger partial charge in [-0.3, -0.25) is 0 Å². The number of rotatable bonds is 18. The summed E-state index contributed by atoms with van der Waals surface area (Å²) < 4.78 is 35.8. The van der Waals surface area contributed by atoms with Crippen molar-refractivity contribution in [3.8, 4) is 11.5 Å². The Labute approximate surface area is 280 Å². The van der Waals surface area contributed by atoms with Gasteiger partial charge in [0.1, 0.15) is 36.9 Å². The zero-order valence-corrected chi connectivity index (χ0v) is 29.2. The number of hydrogen-bond donors (Lipinski definition) is 0. The monoisotopic (exact) mass is 650 g/mol. The van der Waals surface area contributed by atoms with Crippen LogP contribution in [-0.4, -0.2) is 62.8 Å². The minimum atomic E-state index is -0.461. The summed E-state index contributed by atoms with van der Waals surface area (Å²) in [6, 6.07) is 4.58. The van der Waals surface area contributed by atoms with Crippen LogP contribution in [0.3, 0.4) is 0 Å². The molecule has 0 saturated heterocycles. The Bertz CT molecular complexity index is 1360. The van der Waals surface area contributed by atoms with E-state index in [-0.39, 0.29) is 43.0 Å². The van der Waals surface area contributed by atoms with Gasteiger partial charge >= 0.3 is 11.9 Å². The summed E-state index contributed by atoms with van der Waals surface area (Å²) in [6.45, 7) is 20.4. The molecule has 0 aromatic heterocycles. The topological polar surface area (TPSA) is 89.5 Å². The van der Waals surface area contributed by atoms with Gasteiger partial charge in [0.25, 0.3) is 0 Å². The summed E-state index contributed by atoms with van der Waals surface area (Å²) in [5.74, 6) is 3.20. The van der Waals surface area contributed by atoms with Crippen LogP contribution >= 0.6 is 0 Å². The largest absolute Gasteiger partial charge is 0.490 e. The number of carbonyl (C=O) groups is 2. The Kier molecular flexibility index (Phi) is 11.2. The van der Waals surface area contributed by atoms with Crippen molar-refractivity contribution in [3.05, 3.63) is 59.7 Å². The summed E-state index contributed by atoms with van der Waals surface area (Å²) >= 11 is 0. The maximum atomic E-state index is 11.6. The Morgan fingerprint density at radius 2 is 1.45 bits per heavy atom. The molecule has 0 spiro atoms. The van der Waals surface area contributed by atoms with E-state index in [4.69, 9.17) is 28.4 Å². The molecule has 0 aliphatic heterocycles. The fourth-order valence-corrected chi connectivity index (χ4v) is 8.12. The third kappa shape index (κ3) is 8.14. The predicted molar refractivity (Wildman–Crippen MR) is 181 cm³/mol. The molecular weight excluding hydrogens is 596 g/mol. The maximum absolute atomic E-state index is 11.6. The molecule has 3 saturated carbocycles. The van der Waals surface area contributed by atoms with Gasteiger partial charge < -0.3 is 28.4 Å². The van der Waals surface area contributed by atoms with Crippen LogP contribution in [0.5, 0.6) is 11.5 Å². The predicted octanol–water partition coefficient (Wildman–Crippen LogP) is 7.39. The Morgan fingerprint density at radius 1 is 0.851 bits per heavy atom. The molecule has 9 atom stereocenters. The molecule has 47 heavy (non-hydrogen) atoms. The number of carbonyl (C=O) groups excluding carboxylic acids is 2. The van der Waals surface area contributed by atoms with Gasteiger partial charge in [0.15, 0.2) is 0 Å². The molecule has 1 aromatic carbocycles. The molecule has 3 fully saturated rings. The van der Waals surface area contributed by atoms with Crippen LogP contribution in [0.25, 0.3) is 0 Å². The third-order valence-electron chi connectivity index (χ3n) is 10.6. The number of ether oxygens (including phenoxy) is 6. The van der Waals surface area contributed by atoms with Crippen molar-refractivity contribution < 1.29 is 38.0 Å². The number of hydrogen-bond acceptors (Lipinski definition) is 8. The fourth-order valence-electron chi connectivity index (χ4n) is 8.12. The summed E-state index contributed by atoms with van der Waals surface area (Å²) in [5, 5.41) is 0. The van der Waals surface area contributed by atoms with Gasteiger partial charge in [0.2, 0.25) is 0 Å². The van der Waals surface area contributed by atoms with Crippen molar-refractivity contribution in [2.24, 2.45) is 17.8 Å². The lowest BCUT2D eigenvalue weighted by atomic mass is 9.58. The van der Waals surface area contributed by atoms with Gasteiger partial charge in [-0.1, -0.05) is 31.2 Å². The van der Waals surface area contributed by atoms with Crippen molar-refractivity contribution in [2.75, 3.05) is 26.4 Å². The Balaban J connectivity index is 1.36. The first kappa shape index (κ1) is 35.2. The van der Waals surface area contributed by atoms with E-state index in [1.807, 2.05) is 13.8 Å². The van der Waals surface area contributed by atoms with Gasteiger partial charge in [-0.25, -0.2) is 9.59 Å². The molecule has 0 N–H and O–H groups in total. The van der Waals surface area contributed by atoms with E-state index in [0.29, 0.717) is 36.9 Å². The van der Waals surface area contributed by atoms with Crippen LogP contribution in [0.15, 0.2) is 48.6 Å². The molecular formula is C39H54O8. The van der Waals surface area contributed by atoms with E-state index in [2.05, 4.69) is 39.1 Å². The van der Waals surface area contributed by atoms with Crippen LogP contribution in [0, 0.1) is 17.8 Å². The molecule has 8 heteroatoms. The molecule has 1 aromatic rings. The minimum Gasteiger partial charge on any atom is -0.490 e. The van der Waals surface area contributed by atoms with Crippen LogP contribution in [0.2, 0.25) is 0 Å². The van der Waals surface area contributed by atoms with Gasteiger partial charge in [-0.15, -0.1) is 0 Å². The standard InChI is InChI=1S/C39H54O8/c1-9-37(40)46-27(7)21-42-25(5)19-44-35-17-36(45-20-26(6)43-22-28(8)47-38(41)10-2)34(39-12-11-29(39)13-23(3)18-39)16-33(35)31-14-24(4)30-15-32(30)31/h9-10,16-17,23,25-29,31-32H,1-2,11-15,18-22H2,3-8H3. The lowest BCUT2D eigenvalue weighted by Gasteiger charge is -2.47. The number of benzene rings is 1. The average Bonchev–Trinajstić information content (AvgIpc) is 3.73. The molecule has 258 valence electrons. The van der Waals surface area contributed by atoms with Crippen molar-refractivity contribution in [3.63, 3.8) is 0 Å². The molecule has 4 aliphatic carbocycles. The first-order valence-electron chi connectivity index (χ1n) is 17.5. The zero-order chi connectivity index (χ0) is 33.9. The summed E-state index contributed by atoms with van der Waals surface area (Å²) in [7, 11) is 0. The Hall–Kier alpha value is -3.10. The molecule has 8 nitrogen and oxygen atoms in total. The molecule has 0 amide bonds. The van der Waals surface area contributed by atoms with Crippen LogP contribution < -0.4 is 9.47 Å². The van der Waals surface area contributed by atoms with E-state index in [1.54, 1.807) is 19.4 Å². The molecule has 9 unspecified atom stereocenters. The molecule has 0 bridgehead atoms. The fraction of sp³-hybridized carbons (Fsp3) is 0.641. The second-order valence-corrected chi connectivity index (χ2v) is 14.6. The second kappa shape index (κ2) is 15.0. The van der Waals surface area contributed by atoms with E-state index in [9.17, 15) is 9.59 Å². The second-order valence-electron chi connectivity index (χ2n) is 14.6. The highest BCUT2D eigenvalue weighted by molar-refractivity contribution is 5.81. The summed E-state index contributed by atoms with van der Waals surface area (Å²) in [4.78, 5) is 23.1. The van der Waals surface area contributed by atoms with E-state index in [1.165, 1.54) is 48.8 Å². The lowest BCUT2D eigenvalue weighted by Crippen LogP contribution is -2.40. The van der Waals surface area contributed by atoms with E-state index in [0.717, 1.165) is 30.1 Å². The summed E-state index contributed by atoms with van der Waals surface area (Å²) in [5.41, 5.74) is 5.90. The van der Waals surface area contributed by atoms with Crippen molar-refractivity contribution in [1.82, 2.24) is 0 Å². The third-order valence-corrected chi connectivity index (χ3v) is 10.6. The van der Waals surface area contributed by atoms with E-state index < -0.39 is 11.9 Å². The average molecular weight is 651 g/mol. The number of allylic oxidation sites excluding steroid dienone is 2. The summed E-state index contributed by atoms with van der Waals surface area (Å²) in [6.07, 6.45) is 8.27. The normalized spacial score (nSPS) is 28.2. The highest BCUT2D eigenvalue weighted by atomic mass is 16.6. The van der Waals surface area contributed by atoms with Crippen molar-refractivity contribution >= 4 is 11.9 Å². The molecule has 0 radical (unpaired) electrons. The van der Waals surface area contributed by atoms with Crippen molar-refractivity contribution in [2.45, 2.75) is 116 Å². The van der Waals surface area contributed by atoms with Gasteiger partial charge in [0.05, 0.1) is 25.4 Å². The van der Waals surface area contributed by atoms with Crippen LogP contribution in [0.1, 0.15) is 97.1 Å². The highest BCUT2D eigenvalue weighted by Gasteiger charge is 2.55. The van der Waals surface area contributed by atoms with Gasteiger partial charge in [-0.2, -0.15) is 0 Å². The molecule has 0 heterocycles. The molecule has 4 aliphatic rings. The first-order chi connectivity index (χ1) is 22.4. The number of esters is 2. The van der Waals surface area contributed by atoms with Gasteiger partial charge in [-0.05, 0) is 108 Å². The zero-order valence-electron chi connectivity index (χ0n) is 29.2. The first-order valence-corrected chi connectivity index (χ1v) is 17.5. The van der Waals surface area contributed by atoms with Crippen molar-refractivity contribution in [1.29, 1.82) is 0 Å². The number of fused-ring (bicyclic) bond motifs is 2.